The van der Waals surface area contributed by atoms with Crippen LogP contribution in [-0.2, 0) is 29.2 Å². The van der Waals surface area contributed by atoms with Gasteiger partial charge in [0.2, 0.25) is 23.5 Å². The van der Waals surface area contributed by atoms with Crippen LogP contribution in [0.1, 0.15) is 42.7 Å². The largest absolute Gasteiger partial charge is 0.352 e. The van der Waals surface area contributed by atoms with Crippen LogP contribution in [0.25, 0.3) is 11.4 Å². The Labute approximate surface area is 209 Å². The van der Waals surface area contributed by atoms with Gasteiger partial charge in [-0.25, -0.2) is 4.39 Å². The minimum Gasteiger partial charge on any atom is -0.352 e. The second-order valence-corrected chi connectivity index (χ2v) is 9.53. The molecular weight excluding hydrogens is 461 g/mol. The van der Waals surface area contributed by atoms with Crippen LogP contribution in [0.4, 0.5) is 4.39 Å². The Bertz CT molecular complexity index is 1200. The lowest BCUT2D eigenvalue weighted by atomic mass is 9.96. The van der Waals surface area contributed by atoms with E-state index in [4.69, 9.17) is 4.52 Å². The van der Waals surface area contributed by atoms with Gasteiger partial charge >= 0.3 is 0 Å². The number of piperidine rings is 1. The minimum absolute atomic E-state index is 0.0240. The Morgan fingerprint density at radius 2 is 1.83 bits per heavy atom. The van der Waals surface area contributed by atoms with E-state index in [0.717, 1.165) is 50.0 Å². The number of halogens is 1. The van der Waals surface area contributed by atoms with Gasteiger partial charge in [-0.3, -0.25) is 14.5 Å². The number of hydrogen-bond donors (Lipinski definition) is 1. The minimum atomic E-state index is -0.307. The molecule has 0 unspecified atom stereocenters. The summed E-state index contributed by atoms with van der Waals surface area (Å²) in [6.45, 7) is 3.99. The first-order valence-corrected chi connectivity index (χ1v) is 12.5. The summed E-state index contributed by atoms with van der Waals surface area (Å²) in [7, 11) is 0. The van der Waals surface area contributed by atoms with Crippen molar-refractivity contribution >= 4 is 11.8 Å². The second kappa shape index (κ2) is 11.0. The molecule has 2 aromatic carbocycles. The summed E-state index contributed by atoms with van der Waals surface area (Å²) in [5.41, 5.74) is 2.84. The lowest BCUT2D eigenvalue weighted by Crippen LogP contribution is -2.40. The summed E-state index contributed by atoms with van der Waals surface area (Å²) in [5, 5.41) is 7.08. The van der Waals surface area contributed by atoms with E-state index >= 15 is 0 Å². The van der Waals surface area contributed by atoms with E-state index in [1.165, 1.54) is 12.1 Å². The van der Waals surface area contributed by atoms with Crippen molar-refractivity contribution in [3.63, 3.8) is 0 Å². The van der Waals surface area contributed by atoms with E-state index in [1.807, 2.05) is 23.1 Å². The van der Waals surface area contributed by atoms with Crippen LogP contribution >= 0.6 is 0 Å². The fourth-order valence-corrected chi connectivity index (χ4v) is 4.84. The zero-order valence-corrected chi connectivity index (χ0v) is 20.2. The Morgan fingerprint density at radius 3 is 2.58 bits per heavy atom. The van der Waals surface area contributed by atoms with Gasteiger partial charge in [0.25, 0.3) is 0 Å². The zero-order valence-electron chi connectivity index (χ0n) is 20.2. The monoisotopic (exact) mass is 491 g/mol. The lowest BCUT2D eigenvalue weighted by molar-refractivity contribution is -0.128. The number of aromatic nitrogens is 2. The van der Waals surface area contributed by atoms with Crippen molar-refractivity contribution < 1.29 is 18.5 Å². The number of likely N-dealkylation sites (tertiary alicyclic amines) is 2. The maximum Gasteiger partial charge on any atom is 0.241 e. The predicted molar refractivity (Wildman–Crippen MR) is 131 cm³/mol. The van der Waals surface area contributed by atoms with Crippen molar-refractivity contribution in [1.82, 2.24) is 25.3 Å². The summed E-state index contributed by atoms with van der Waals surface area (Å²) in [6, 6.07) is 14.1. The van der Waals surface area contributed by atoms with Crippen LogP contribution in [0, 0.1) is 11.7 Å². The number of nitrogens with one attached hydrogen (secondary N) is 1. The molecule has 5 rings (SSSR count). The van der Waals surface area contributed by atoms with E-state index in [0.29, 0.717) is 43.3 Å². The van der Waals surface area contributed by atoms with E-state index < -0.39 is 0 Å². The van der Waals surface area contributed by atoms with E-state index in [1.54, 1.807) is 12.1 Å². The molecular formula is C27H30FN5O3. The number of nitrogens with zero attached hydrogens (tertiary/aromatic N) is 4. The third-order valence-electron chi connectivity index (χ3n) is 6.89. The van der Waals surface area contributed by atoms with Crippen LogP contribution in [0.15, 0.2) is 53.1 Å². The second-order valence-electron chi connectivity index (χ2n) is 9.53. The molecule has 2 aliphatic heterocycles. The van der Waals surface area contributed by atoms with Gasteiger partial charge in [-0.15, -0.1) is 0 Å². The Hall–Kier alpha value is -3.59. The molecule has 0 aliphatic carbocycles. The third kappa shape index (κ3) is 5.96. The van der Waals surface area contributed by atoms with Crippen LogP contribution in [-0.4, -0.2) is 51.4 Å². The summed E-state index contributed by atoms with van der Waals surface area (Å²) in [4.78, 5) is 33.2. The third-order valence-corrected chi connectivity index (χ3v) is 6.89. The van der Waals surface area contributed by atoms with E-state index in [9.17, 15) is 14.0 Å². The van der Waals surface area contributed by atoms with Gasteiger partial charge < -0.3 is 14.7 Å². The first-order chi connectivity index (χ1) is 17.5. The van der Waals surface area contributed by atoms with Gasteiger partial charge in [-0.2, -0.15) is 4.98 Å². The molecule has 0 bridgehead atoms. The Kier molecular flexibility index (Phi) is 7.36. The maximum absolute atomic E-state index is 13.1. The number of benzene rings is 2. The highest BCUT2D eigenvalue weighted by atomic mass is 19.1. The molecule has 2 amide bonds. The molecule has 0 spiro atoms. The van der Waals surface area contributed by atoms with Crippen molar-refractivity contribution in [3.8, 4) is 11.4 Å². The Morgan fingerprint density at radius 1 is 1.06 bits per heavy atom. The van der Waals surface area contributed by atoms with Gasteiger partial charge in [0, 0.05) is 37.5 Å². The number of amides is 2. The van der Waals surface area contributed by atoms with Crippen LogP contribution in [0.5, 0.6) is 0 Å². The molecule has 0 saturated carbocycles. The fourth-order valence-electron chi connectivity index (χ4n) is 4.84. The number of rotatable bonds is 8. The van der Waals surface area contributed by atoms with Crippen molar-refractivity contribution in [2.45, 2.75) is 45.3 Å². The van der Waals surface area contributed by atoms with E-state index in [2.05, 4.69) is 26.4 Å². The molecule has 8 nitrogen and oxygen atoms in total. The topological polar surface area (TPSA) is 91.6 Å². The number of hydrogen-bond acceptors (Lipinski definition) is 6. The first kappa shape index (κ1) is 24.1. The first-order valence-electron chi connectivity index (χ1n) is 12.5. The molecule has 188 valence electrons. The average molecular weight is 492 g/mol. The molecule has 1 aromatic heterocycles. The van der Waals surface area contributed by atoms with Gasteiger partial charge in [-0.05, 0) is 67.7 Å². The molecule has 36 heavy (non-hydrogen) atoms. The van der Waals surface area contributed by atoms with Crippen molar-refractivity contribution in [2.75, 3.05) is 19.6 Å². The molecule has 2 fully saturated rings. The quantitative estimate of drug-likeness (QED) is 0.519. The highest BCUT2D eigenvalue weighted by Gasteiger charge is 2.26. The molecule has 0 radical (unpaired) electrons. The van der Waals surface area contributed by atoms with Crippen LogP contribution < -0.4 is 5.32 Å². The highest BCUT2D eigenvalue weighted by Crippen LogP contribution is 2.21. The van der Waals surface area contributed by atoms with Gasteiger partial charge in [0.05, 0.1) is 6.54 Å². The van der Waals surface area contributed by atoms with Gasteiger partial charge in [-0.1, -0.05) is 29.4 Å². The Balaban J connectivity index is 1.07. The molecule has 0 atom stereocenters. The predicted octanol–water partition coefficient (Wildman–Crippen LogP) is 3.53. The molecule has 3 heterocycles. The lowest BCUT2D eigenvalue weighted by Gasteiger charge is -2.30. The smallest absolute Gasteiger partial charge is 0.241 e. The highest BCUT2D eigenvalue weighted by molar-refractivity contribution is 5.79. The van der Waals surface area contributed by atoms with Gasteiger partial charge in [0.1, 0.15) is 5.82 Å². The normalized spacial score (nSPS) is 17.0. The summed E-state index contributed by atoms with van der Waals surface area (Å²) >= 11 is 0. The SMILES string of the molecule is O=C(NCc1cccc(CN2CCCC2=O)c1)C1CCN(Cc2nc(-c3ccc(F)cc3)no2)CC1. The standard InChI is InChI=1S/C27H30FN5O3/c28-23-8-6-21(7-9-23)26-30-24(36-31-26)18-32-13-10-22(11-14-32)27(35)29-16-19-3-1-4-20(15-19)17-33-12-2-5-25(33)34/h1,3-4,6-9,15,22H,2,5,10-14,16-18H2,(H,29,35). The summed E-state index contributed by atoms with van der Waals surface area (Å²) in [6.07, 6.45) is 3.10. The molecule has 9 heteroatoms. The molecule has 1 N–H and O–H groups in total. The number of carbonyl (C=O) groups is 2. The zero-order chi connectivity index (χ0) is 24.9. The van der Waals surface area contributed by atoms with Crippen molar-refractivity contribution in [2.24, 2.45) is 5.92 Å². The van der Waals surface area contributed by atoms with Gasteiger partial charge in [0.15, 0.2) is 0 Å². The van der Waals surface area contributed by atoms with Crippen LogP contribution in [0.2, 0.25) is 0 Å². The average Bonchev–Trinajstić information content (AvgIpc) is 3.52. The fraction of sp³-hybridized carbons (Fsp3) is 0.407. The van der Waals surface area contributed by atoms with Crippen molar-refractivity contribution in [3.05, 3.63) is 71.4 Å². The maximum atomic E-state index is 13.1. The van der Waals surface area contributed by atoms with E-state index in [-0.39, 0.29) is 23.5 Å². The molecule has 3 aromatic rings. The summed E-state index contributed by atoms with van der Waals surface area (Å²) < 4.78 is 18.5. The van der Waals surface area contributed by atoms with Crippen molar-refractivity contribution in [1.29, 1.82) is 0 Å². The van der Waals surface area contributed by atoms with Crippen LogP contribution in [0.3, 0.4) is 0 Å². The molecule has 2 aliphatic rings. The number of carbonyl (C=O) groups excluding carboxylic acids is 2. The molecule has 2 saturated heterocycles. The summed E-state index contributed by atoms with van der Waals surface area (Å²) in [5.74, 6) is 0.906.